The van der Waals surface area contributed by atoms with Gasteiger partial charge in [-0.25, -0.2) is 0 Å². The van der Waals surface area contributed by atoms with Gasteiger partial charge in [0.05, 0.1) is 11.0 Å². The van der Waals surface area contributed by atoms with Crippen LogP contribution < -0.4 is 5.73 Å². The molecule has 0 saturated heterocycles. The molecular formula is C10H12N2O5. The number of aliphatic carboxylic acids is 1. The minimum atomic E-state index is -1.20. The van der Waals surface area contributed by atoms with Crippen LogP contribution in [-0.4, -0.2) is 27.1 Å². The van der Waals surface area contributed by atoms with Crippen LogP contribution in [0.5, 0.6) is 0 Å². The van der Waals surface area contributed by atoms with Crippen LogP contribution in [0.1, 0.15) is 18.1 Å². The summed E-state index contributed by atoms with van der Waals surface area (Å²) in [6.45, 7) is 0. The molecule has 0 bridgehead atoms. The van der Waals surface area contributed by atoms with E-state index in [1.54, 1.807) is 0 Å². The van der Waals surface area contributed by atoms with Gasteiger partial charge in [0.1, 0.15) is 6.04 Å². The molecule has 4 N–H and O–H groups in total. The summed E-state index contributed by atoms with van der Waals surface area (Å²) >= 11 is 0. The Morgan fingerprint density at radius 3 is 2.35 bits per heavy atom. The lowest BCUT2D eigenvalue weighted by atomic mass is 10.0. The van der Waals surface area contributed by atoms with Gasteiger partial charge in [0, 0.05) is 18.6 Å². The molecule has 0 spiro atoms. The van der Waals surface area contributed by atoms with E-state index >= 15 is 0 Å². The largest absolute Gasteiger partial charge is 0.480 e. The average Bonchev–Trinajstić information content (AvgIpc) is 2.28. The first-order chi connectivity index (χ1) is 7.91. The molecule has 1 aromatic carbocycles. The summed E-state index contributed by atoms with van der Waals surface area (Å²) in [4.78, 5) is 20.3. The number of nitro benzene ring substituents is 1. The van der Waals surface area contributed by atoms with Crippen molar-refractivity contribution in [1.82, 2.24) is 0 Å². The normalized spacial score (nSPS) is 14.0. The molecule has 2 atom stereocenters. The number of nitrogens with zero attached hydrogens (tertiary/aromatic N) is 1. The van der Waals surface area contributed by atoms with E-state index in [0.29, 0.717) is 5.56 Å². The lowest BCUT2D eigenvalue weighted by Crippen LogP contribution is -2.31. The Kier molecular flexibility index (Phi) is 4.13. The lowest BCUT2D eigenvalue weighted by molar-refractivity contribution is -0.384. The molecule has 0 radical (unpaired) electrons. The van der Waals surface area contributed by atoms with E-state index in [1.165, 1.54) is 24.3 Å². The summed E-state index contributed by atoms with van der Waals surface area (Å²) in [6.07, 6.45) is -1.20. The molecule has 92 valence electrons. The number of rotatable bonds is 5. The molecule has 7 heteroatoms. The molecule has 0 saturated carbocycles. The highest BCUT2D eigenvalue weighted by Crippen LogP contribution is 2.20. The quantitative estimate of drug-likeness (QED) is 0.506. The van der Waals surface area contributed by atoms with Gasteiger partial charge in [-0.2, -0.15) is 0 Å². The number of benzene rings is 1. The van der Waals surface area contributed by atoms with Crippen molar-refractivity contribution < 1.29 is 19.9 Å². The second kappa shape index (κ2) is 5.37. The first-order valence-corrected chi connectivity index (χ1v) is 4.82. The highest BCUT2D eigenvalue weighted by atomic mass is 16.6. The number of hydrogen-bond acceptors (Lipinski definition) is 5. The molecular weight excluding hydrogens is 228 g/mol. The molecule has 0 heterocycles. The second-order valence-corrected chi connectivity index (χ2v) is 3.54. The van der Waals surface area contributed by atoms with Gasteiger partial charge in [-0.05, 0) is 17.7 Å². The number of carboxylic acid groups (broad SMARTS) is 1. The zero-order valence-corrected chi connectivity index (χ0v) is 8.81. The fourth-order valence-corrected chi connectivity index (χ4v) is 1.30. The first-order valence-electron chi connectivity index (χ1n) is 4.82. The maximum Gasteiger partial charge on any atom is 0.320 e. The van der Waals surface area contributed by atoms with Crippen molar-refractivity contribution in [3.63, 3.8) is 0 Å². The van der Waals surface area contributed by atoms with Crippen LogP contribution in [0, 0.1) is 10.1 Å². The Morgan fingerprint density at radius 1 is 1.41 bits per heavy atom. The molecule has 1 rings (SSSR count). The van der Waals surface area contributed by atoms with Gasteiger partial charge in [-0.15, -0.1) is 0 Å². The molecule has 0 aromatic heterocycles. The van der Waals surface area contributed by atoms with Crippen LogP contribution >= 0.6 is 0 Å². The van der Waals surface area contributed by atoms with Gasteiger partial charge in [0.2, 0.25) is 0 Å². The van der Waals surface area contributed by atoms with E-state index < -0.39 is 23.0 Å². The Balaban J connectivity index is 2.73. The minimum Gasteiger partial charge on any atom is -0.480 e. The molecule has 0 unspecified atom stereocenters. The molecule has 0 aliphatic heterocycles. The van der Waals surface area contributed by atoms with E-state index in [4.69, 9.17) is 10.8 Å². The van der Waals surface area contributed by atoms with Gasteiger partial charge in [0.15, 0.2) is 0 Å². The number of non-ortho nitro benzene ring substituents is 1. The van der Waals surface area contributed by atoms with Crippen LogP contribution in [0.15, 0.2) is 24.3 Å². The topological polar surface area (TPSA) is 127 Å². The maximum absolute atomic E-state index is 10.5. The summed E-state index contributed by atoms with van der Waals surface area (Å²) in [5.41, 5.74) is 5.57. The second-order valence-electron chi connectivity index (χ2n) is 3.54. The van der Waals surface area contributed by atoms with Gasteiger partial charge in [-0.3, -0.25) is 14.9 Å². The third kappa shape index (κ3) is 3.51. The standard InChI is InChI=1S/C10H12N2O5/c11-8(10(14)15)5-9(13)6-1-3-7(4-2-6)12(16)17/h1-4,8-9,13H,5,11H2,(H,14,15)/t8-,9+/m0/s1. The zero-order chi connectivity index (χ0) is 13.0. The molecule has 1 aromatic rings. The SMILES string of the molecule is N[C@@H](C[C@@H](O)c1ccc([N+](=O)[O-])cc1)C(=O)O. The van der Waals surface area contributed by atoms with Crippen molar-refractivity contribution in [2.24, 2.45) is 5.73 Å². The van der Waals surface area contributed by atoms with Gasteiger partial charge >= 0.3 is 5.97 Å². The van der Waals surface area contributed by atoms with Crippen molar-refractivity contribution in [2.75, 3.05) is 0 Å². The predicted molar refractivity (Wildman–Crippen MR) is 58.3 cm³/mol. The van der Waals surface area contributed by atoms with Crippen molar-refractivity contribution in [2.45, 2.75) is 18.6 Å². The molecule has 17 heavy (non-hydrogen) atoms. The van der Waals surface area contributed by atoms with E-state index in [1.807, 2.05) is 0 Å². The van der Waals surface area contributed by atoms with Crippen molar-refractivity contribution >= 4 is 11.7 Å². The zero-order valence-electron chi connectivity index (χ0n) is 8.81. The Morgan fingerprint density at radius 2 is 1.94 bits per heavy atom. The number of nitro groups is 1. The molecule has 0 aliphatic rings. The number of hydrogen-bond donors (Lipinski definition) is 3. The smallest absolute Gasteiger partial charge is 0.320 e. The summed E-state index contributed by atoms with van der Waals surface area (Å²) in [5, 5.41) is 28.6. The minimum absolute atomic E-state index is 0.0940. The van der Waals surface area contributed by atoms with Crippen LogP contribution in [0.4, 0.5) is 5.69 Å². The Hall–Kier alpha value is -1.99. The number of aliphatic hydroxyl groups excluding tert-OH is 1. The summed E-state index contributed by atoms with van der Waals surface area (Å²) in [7, 11) is 0. The number of nitrogens with two attached hydrogens (primary N) is 1. The lowest BCUT2D eigenvalue weighted by Gasteiger charge is -2.13. The fraction of sp³-hybridized carbons (Fsp3) is 0.300. The summed E-state index contributed by atoms with van der Waals surface area (Å²) < 4.78 is 0. The first kappa shape index (κ1) is 13.1. The van der Waals surface area contributed by atoms with Crippen LogP contribution in [0.25, 0.3) is 0 Å². The molecule has 0 aliphatic carbocycles. The molecule has 7 nitrogen and oxygen atoms in total. The van der Waals surface area contributed by atoms with Crippen LogP contribution in [0.3, 0.4) is 0 Å². The van der Waals surface area contributed by atoms with Crippen LogP contribution in [0.2, 0.25) is 0 Å². The number of carbonyl (C=O) groups is 1. The van der Waals surface area contributed by atoms with Crippen molar-refractivity contribution in [3.8, 4) is 0 Å². The number of carboxylic acids is 1. The van der Waals surface area contributed by atoms with E-state index in [0.717, 1.165) is 0 Å². The Labute approximate surface area is 96.6 Å². The van der Waals surface area contributed by atoms with Crippen LogP contribution in [-0.2, 0) is 4.79 Å². The number of aliphatic hydroxyl groups is 1. The van der Waals surface area contributed by atoms with Gasteiger partial charge in [-0.1, -0.05) is 0 Å². The van der Waals surface area contributed by atoms with E-state index in [9.17, 15) is 20.0 Å². The monoisotopic (exact) mass is 240 g/mol. The van der Waals surface area contributed by atoms with Gasteiger partial charge < -0.3 is 15.9 Å². The summed E-state index contributed by atoms with van der Waals surface area (Å²) in [5.74, 6) is -1.20. The Bertz CT molecular complexity index is 417. The van der Waals surface area contributed by atoms with E-state index in [2.05, 4.69) is 0 Å². The van der Waals surface area contributed by atoms with Crippen molar-refractivity contribution in [1.29, 1.82) is 0 Å². The predicted octanol–water partition coefficient (Wildman–Crippen LogP) is 0.430. The van der Waals surface area contributed by atoms with E-state index in [-0.39, 0.29) is 12.1 Å². The highest BCUT2D eigenvalue weighted by Gasteiger charge is 2.18. The molecule has 0 amide bonds. The molecule has 0 fully saturated rings. The van der Waals surface area contributed by atoms with Crippen molar-refractivity contribution in [3.05, 3.63) is 39.9 Å². The third-order valence-corrected chi connectivity index (χ3v) is 2.28. The fourth-order valence-electron chi connectivity index (χ4n) is 1.30. The maximum atomic E-state index is 10.5. The highest BCUT2D eigenvalue weighted by molar-refractivity contribution is 5.73. The third-order valence-electron chi connectivity index (χ3n) is 2.28. The van der Waals surface area contributed by atoms with Gasteiger partial charge in [0.25, 0.3) is 5.69 Å². The summed E-state index contributed by atoms with van der Waals surface area (Å²) in [6, 6.07) is 4.06. The average molecular weight is 240 g/mol.